The quantitative estimate of drug-likeness (QED) is 0.787. The van der Waals surface area contributed by atoms with Gasteiger partial charge in [-0.3, -0.25) is 4.79 Å². The third kappa shape index (κ3) is 3.32. The molecule has 1 aromatic carbocycles. The molecule has 1 atom stereocenters. The molecule has 0 aromatic heterocycles. The lowest BCUT2D eigenvalue weighted by atomic mass is 10.1. The number of hydrogen-bond acceptors (Lipinski definition) is 2. The predicted octanol–water partition coefficient (Wildman–Crippen LogP) is 1.13. The van der Waals surface area contributed by atoms with E-state index in [1.807, 2.05) is 0 Å². The van der Waals surface area contributed by atoms with Crippen LogP contribution < -0.4 is 5.32 Å². The molecule has 0 bridgehead atoms. The summed E-state index contributed by atoms with van der Waals surface area (Å²) in [4.78, 5) is 11.0. The molecular weight excluding hydrogens is 197 g/mol. The van der Waals surface area contributed by atoms with Crippen LogP contribution in [0.5, 0.6) is 0 Å². The zero-order chi connectivity index (χ0) is 11.4. The number of nitrogens with one attached hydrogen (secondary N) is 1. The van der Waals surface area contributed by atoms with Gasteiger partial charge in [0.05, 0.1) is 0 Å². The lowest BCUT2D eigenvalue weighted by Gasteiger charge is -2.07. The average Bonchev–Trinajstić information content (AvgIpc) is 2.19. The molecule has 0 aliphatic rings. The number of amides is 1. The highest BCUT2D eigenvalue weighted by molar-refractivity contribution is 5.79. The summed E-state index contributed by atoms with van der Waals surface area (Å²) in [7, 11) is 0. The molecule has 0 heterocycles. The van der Waals surface area contributed by atoms with Crippen molar-refractivity contribution >= 4 is 5.91 Å². The number of aliphatic hydroxyl groups excluding tert-OH is 1. The van der Waals surface area contributed by atoms with Crippen LogP contribution >= 0.6 is 0 Å². The molecule has 1 rings (SSSR count). The van der Waals surface area contributed by atoms with Gasteiger partial charge in [0, 0.05) is 6.54 Å². The summed E-state index contributed by atoms with van der Waals surface area (Å²) in [6.07, 6.45) is -1.02. The van der Waals surface area contributed by atoms with Gasteiger partial charge < -0.3 is 10.4 Å². The van der Waals surface area contributed by atoms with Crippen molar-refractivity contribution < 1.29 is 14.3 Å². The topological polar surface area (TPSA) is 49.3 Å². The smallest absolute Gasteiger partial charge is 0.248 e. The normalized spacial score (nSPS) is 12.3. The van der Waals surface area contributed by atoms with E-state index < -0.39 is 12.0 Å². The maximum absolute atomic E-state index is 12.9. The van der Waals surface area contributed by atoms with Gasteiger partial charge in [0.25, 0.3) is 0 Å². The summed E-state index contributed by atoms with van der Waals surface area (Å²) in [6, 6.07) is 4.63. The van der Waals surface area contributed by atoms with E-state index in [9.17, 15) is 9.18 Å². The summed E-state index contributed by atoms with van der Waals surface area (Å²) in [5, 5.41) is 11.5. The maximum Gasteiger partial charge on any atom is 0.248 e. The Morgan fingerprint density at radius 1 is 1.60 bits per heavy atom. The number of rotatable bonds is 3. The highest BCUT2D eigenvalue weighted by Gasteiger charge is 2.07. The molecular formula is C11H14FNO2. The Hall–Kier alpha value is -1.42. The lowest BCUT2D eigenvalue weighted by Crippen LogP contribution is -2.31. The number of aliphatic hydroxyl groups is 1. The molecule has 0 aliphatic carbocycles. The number of carbonyl (C=O) groups excluding carboxylic acids is 1. The van der Waals surface area contributed by atoms with E-state index >= 15 is 0 Å². The van der Waals surface area contributed by atoms with Gasteiger partial charge in [-0.15, -0.1) is 0 Å². The minimum absolute atomic E-state index is 0.263. The second kappa shape index (κ2) is 4.89. The van der Waals surface area contributed by atoms with Crippen LogP contribution in [0.3, 0.4) is 0 Å². The molecule has 0 radical (unpaired) electrons. The van der Waals surface area contributed by atoms with Crippen LogP contribution in [0.2, 0.25) is 0 Å². The molecule has 1 amide bonds. The van der Waals surface area contributed by atoms with Gasteiger partial charge in [0.1, 0.15) is 11.9 Å². The van der Waals surface area contributed by atoms with Gasteiger partial charge in [0.2, 0.25) is 5.91 Å². The van der Waals surface area contributed by atoms with Crippen LogP contribution in [0.1, 0.15) is 18.1 Å². The van der Waals surface area contributed by atoms with Gasteiger partial charge in [0.15, 0.2) is 0 Å². The third-order valence-corrected chi connectivity index (χ3v) is 2.07. The Labute approximate surface area is 87.9 Å². The first-order valence-electron chi connectivity index (χ1n) is 4.71. The summed E-state index contributed by atoms with van der Waals surface area (Å²) in [5.41, 5.74) is 1.35. The minimum Gasteiger partial charge on any atom is -0.384 e. The number of hydrogen-bond donors (Lipinski definition) is 2. The summed E-state index contributed by atoms with van der Waals surface area (Å²) in [6.45, 7) is 3.35. The van der Waals surface area contributed by atoms with E-state index in [4.69, 9.17) is 5.11 Å². The maximum atomic E-state index is 12.9. The van der Waals surface area contributed by atoms with Crippen molar-refractivity contribution in [3.05, 3.63) is 35.1 Å². The van der Waals surface area contributed by atoms with Crippen LogP contribution in [-0.4, -0.2) is 17.1 Å². The van der Waals surface area contributed by atoms with Crippen LogP contribution in [0.4, 0.5) is 4.39 Å². The van der Waals surface area contributed by atoms with Crippen LogP contribution in [-0.2, 0) is 11.3 Å². The zero-order valence-electron chi connectivity index (χ0n) is 8.75. The standard InChI is InChI=1S/C11H14FNO2/c1-7-5-9(3-4-10(7)12)6-13-11(15)8(2)14/h3-5,8,14H,6H2,1-2H3,(H,13,15). The molecule has 0 aliphatic heterocycles. The van der Waals surface area contributed by atoms with Gasteiger partial charge in [-0.25, -0.2) is 4.39 Å². The molecule has 1 unspecified atom stereocenters. The Balaban J connectivity index is 2.58. The van der Waals surface area contributed by atoms with Crippen molar-refractivity contribution in [2.45, 2.75) is 26.5 Å². The fraction of sp³-hybridized carbons (Fsp3) is 0.364. The number of benzene rings is 1. The molecule has 1 aromatic rings. The zero-order valence-corrected chi connectivity index (χ0v) is 8.75. The molecule has 3 nitrogen and oxygen atoms in total. The fourth-order valence-electron chi connectivity index (χ4n) is 1.15. The van der Waals surface area contributed by atoms with E-state index in [2.05, 4.69) is 5.32 Å². The first-order chi connectivity index (χ1) is 7.00. The molecule has 4 heteroatoms. The summed E-state index contributed by atoms with van der Waals surface area (Å²) < 4.78 is 12.9. The second-order valence-electron chi connectivity index (χ2n) is 3.48. The monoisotopic (exact) mass is 211 g/mol. The van der Waals surface area contributed by atoms with E-state index in [1.165, 1.54) is 13.0 Å². The van der Waals surface area contributed by atoms with Crippen LogP contribution in [0.15, 0.2) is 18.2 Å². The number of halogens is 1. The molecule has 0 saturated heterocycles. The predicted molar refractivity (Wildman–Crippen MR) is 54.7 cm³/mol. The van der Waals surface area contributed by atoms with E-state index in [0.29, 0.717) is 12.1 Å². The molecule has 15 heavy (non-hydrogen) atoms. The van der Waals surface area contributed by atoms with Gasteiger partial charge in [-0.2, -0.15) is 0 Å². The Kier molecular flexibility index (Phi) is 3.80. The van der Waals surface area contributed by atoms with Crippen molar-refractivity contribution in [2.24, 2.45) is 0 Å². The van der Waals surface area contributed by atoms with Gasteiger partial charge >= 0.3 is 0 Å². The summed E-state index contributed by atoms with van der Waals surface area (Å²) >= 11 is 0. The first kappa shape index (κ1) is 11.7. The SMILES string of the molecule is Cc1cc(CNC(=O)C(C)O)ccc1F. The van der Waals surface area contributed by atoms with E-state index in [1.54, 1.807) is 19.1 Å². The molecule has 82 valence electrons. The Morgan fingerprint density at radius 3 is 2.80 bits per heavy atom. The Morgan fingerprint density at radius 2 is 2.27 bits per heavy atom. The third-order valence-electron chi connectivity index (χ3n) is 2.07. The van der Waals surface area contributed by atoms with Crippen molar-refractivity contribution in [1.82, 2.24) is 5.32 Å². The lowest BCUT2D eigenvalue weighted by molar-refractivity contribution is -0.128. The molecule has 0 saturated carbocycles. The van der Waals surface area contributed by atoms with E-state index in [-0.39, 0.29) is 5.82 Å². The van der Waals surface area contributed by atoms with Gasteiger partial charge in [-0.05, 0) is 31.0 Å². The molecule has 2 N–H and O–H groups in total. The van der Waals surface area contributed by atoms with Crippen LogP contribution in [0.25, 0.3) is 0 Å². The number of aryl methyl sites for hydroxylation is 1. The minimum atomic E-state index is -1.02. The highest BCUT2D eigenvalue weighted by Crippen LogP contribution is 2.08. The van der Waals surface area contributed by atoms with E-state index in [0.717, 1.165) is 5.56 Å². The fourth-order valence-corrected chi connectivity index (χ4v) is 1.15. The van der Waals surface area contributed by atoms with Crippen molar-refractivity contribution in [3.63, 3.8) is 0 Å². The highest BCUT2D eigenvalue weighted by atomic mass is 19.1. The van der Waals surface area contributed by atoms with Crippen LogP contribution in [0, 0.1) is 12.7 Å². The van der Waals surface area contributed by atoms with Gasteiger partial charge in [-0.1, -0.05) is 12.1 Å². The first-order valence-corrected chi connectivity index (χ1v) is 4.71. The average molecular weight is 211 g/mol. The Bertz CT molecular complexity index is 364. The largest absolute Gasteiger partial charge is 0.384 e. The van der Waals surface area contributed by atoms with Crippen molar-refractivity contribution in [3.8, 4) is 0 Å². The van der Waals surface area contributed by atoms with Crippen molar-refractivity contribution in [1.29, 1.82) is 0 Å². The number of carbonyl (C=O) groups is 1. The molecule has 0 spiro atoms. The van der Waals surface area contributed by atoms with Crippen molar-refractivity contribution in [2.75, 3.05) is 0 Å². The summed E-state index contributed by atoms with van der Waals surface area (Å²) in [5.74, 6) is -0.697. The molecule has 0 fully saturated rings. The second-order valence-corrected chi connectivity index (χ2v) is 3.48.